The van der Waals surface area contributed by atoms with Crippen LogP contribution in [0.25, 0.3) is 11.0 Å². The number of fused-ring (bicyclic) bond motifs is 1. The van der Waals surface area contributed by atoms with E-state index in [0.29, 0.717) is 17.7 Å². The molecule has 0 fully saturated rings. The lowest BCUT2D eigenvalue weighted by Gasteiger charge is -2.06. The summed E-state index contributed by atoms with van der Waals surface area (Å²) >= 11 is 0. The van der Waals surface area contributed by atoms with Gasteiger partial charge in [0.1, 0.15) is 17.1 Å². The molecule has 0 aliphatic rings. The summed E-state index contributed by atoms with van der Waals surface area (Å²) in [7, 11) is 0. The molecule has 1 aromatic heterocycles. The molecule has 0 atom stereocenters. The zero-order valence-electron chi connectivity index (χ0n) is 9.30. The second kappa shape index (κ2) is 4.88. The Labute approximate surface area is 97.2 Å². The van der Waals surface area contributed by atoms with Crippen LogP contribution < -0.4 is 10.4 Å². The van der Waals surface area contributed by atoms with Crippen molar-refractivity contribution in [1.82, 2.24) is 0 Å². The van der Waals surface area contributed by atoms with Crippen molar-refractivity contribution in [3.63, 3.8) is 0 Å². The topological polar surface area (TPSA) is 68.9 Å². The normalized spacial score (nSPS) is 10.6. The lowest BCUT2D eigenvalue weighted by Crippen LogP contribution is -2.02. The average molecular weight is 236 g/mol. The molecule has 5 heteroatoms. The molecule has 0 saturated carbocycles. The third-order valence-corrected chi connectivity index (χ3v) is 2.21. The first-order valence-electron chi connectivity index (χ1n) is 5.18. The fourth-order valence-electron chi connectivity index (χ4n) is 1.41. The smallest absolute Gasteiger partial charge is 0.339 e. The van der Waals surface area contributed by atoms with Gasteiger partial charge in [0.2, 0.25) is 0 Å². The summed E-state index contributed by atoms with van der Waals surface area (Å²) < 4.78 is 15.3. The van der Waals surface area contributed by atoms with Crippen molar-refractivity contribution >= 4 is 11.0 Å². The third kappa shape index (κ3) is 2.57. The van der Waals surface area contributed by atoms with Crippen LogP contribution >= 0.6 is 0 Å². The molecule has 1 aromatic carbocycles. The van der Waals surface area contributed by atoms with Gasteiger partial charge >= 0.3 is 5.63 Å². The summed E-state index contributed by atoms with van der Waals surface area (Å²) in [6, 6.07) is 5.86. The van der Waals surface area contributed by atoms with Gasteiger partial charge in [0, 0.05) is 12.7 Å². The summed E-state index contributed by atoms with van der Waals surface area (Å²) in [6.07, 6.45) is 0. The van der Waals surface area contributed by atoms with Crippen LogP contribution in [0.5, 0.6) is 11.5 Å². The second-order valence-corrected chi connectivity index (χ2v) is 3.36. The first-order chi connectivity index (χ1) is 8.20. The van der Waals surface area contributed by atoms with Crippen molar-refractivity contribution in [2.24, 2.45) is 0 Å². The molecule has 2 rings (SSSR count). The van der Waals surface area contributed by atoms with Gasteiger partial charge in [-0.2, -0.15) is 0 Å². The van der Waals surface area contributed by atoms with E-state index in [1.165, 1.54) is 6.07 Å². The second-order valence-electron chi connectivity index (χ2n) is 3.36. The van der Waals surface area contributed by atoms with Gasteiger partial charge in [-0.25, -0.2) is 4.79 Å². The molecular formula is C12H12O5. The molecule has 90 valence electrons. The molecule has 0 bridgehead atoms. The SMILES string of the molecule is CCOCOc1ccc2c(O)cc(=O)oc2c1. The van der Waals surface area contributed by atoms with E-state index < -0.39 is 5.63 Å². The van der Waals surface area contributed by atoms with E-state index in [0.717, 1.165) is 6.07 Å². The molecule has 5 nitrogen and oxygen atoms in total. The van der Waals surface area contributed by atoms with Crippen LogP contribution in [0, 0.1) is 0 Å². The summed E-state index contributed by atoms with van der Waals surface area (Å²) in [6.45, 7) is 2.55. The van der Waals surface area contributed by atoms with Crippen LogP contribution in [0.1, 0.15) is 6.92 Å². The Morgan fingerprint density at radius 2 is 2.18 bits per heavy atom. The van der Waals surface area contributed by atoms with Crippen LogP contribution in [0.15, 0.2) is 33.5 Å². The van der Waals surface area contributed by atoms with Gasteiger partial charge in [-0.3, -0.25) is 0 Å². The molecule has 0 unspecified atom stereocenters. The van der Waals surface area contributed by atoms with Gasteiger partial charge in [0.15, 0.2) is 6.79 Å². The number of rotatable bonds is 4. The maximum Gasteiger partial charge on any atom is 0.339 e. The minimum Gasteiger partial charge on any atom is -0.507 e. The monoisotopic (exact) mass is 236 g/mol. The third-order valence-electron chi connectivity index (χ3n) is 2.21. The number of ether oxygens (including phenoxy) is 2. The van der Waals surface area contributed by atoms with Gasteiger partial charge < -0.3 is 19.0 Å². The Kier molecular flexibility index (Phi) is 3.30. The van der Waals surface area contributed by atoms with Crippen LogP contribution in [-0.2, 0) is 4.74 Å². The zero-order valence-corrected chi connectivity index (χ0v) is 9.30. The van der Waals surface area contributed by atoms with Gasteiger partial charge in [0.05, 0.1) is 11.5 Å². The molecule has 17 heavy (non-hydrogen) atoms. The Morgan fingerprint density at radius 3 is 2.94 bits per heavy atom. The lowest BCUT2D eigenvalue weighted by atomic mass is 10.2. The van der Waals surface area contributed by atoms with Crippen LogP contribution in [-0.4, -0.2) is 18.5 Å². The van der Waals surface area contributed by atoms with Crippen LogP contribution in [0.2, 0.25) is 0 Å². The fourth-order valence-corrected chi connectivity index (χ4v) is 1.41. The van der Waals surface area contributed by atoms with Crippen LogP contribution in [0.4, 0.5) is 0 Å². The molecule has 0 saturated heterocycles. The quantitative estimate of drug-likeness (QED) is 0.498. The molecule has 1 N–H and O–H groups in total. The number of hydrogen-bond donors (Lipinski definition) is 1. The number of aromatic hydroxyl groups is 1. The highest BCUT2D eigenvalue weighted by molar-refractivity contribution is 5.83. The Morgan fingerprint density at radius 1 is 1.35 bits per heavy atom. The fraction of sp³-hybridized carbons (Fsp3) is 0.250. The lowest BCUT2D eigenvalue weighted by molar-refractivity contribution is 0.0224. The number of hydrogen-bond acceptors (Lipinski definition) is 5. The van der Waals surface area contributed by atoms with Crippen molar-refractivity contribution in [2.45, 2.75) is 6.92 Å². The molecule has 0 spiro atoms. The minimum absolute atomic E-state index is 0.104. The Balaban J connectivity index is 2.33. The summed E-state index contributed by atoms with van der Waals surface area (Å²) in [5.74, 6) is 0.410. The molecular weight excluding hydrogens is 224 g/mol. The van der Waals surface area contributed by atoms with Gasteiger partial charge in [0.25, 0.3) is 0 Å². The van der Waals surface area contributed by atoms with E-state index in [-0.39, 0.29) is 18.1 Å². The highest BCUT2D eigenvalue weighted by atomic mass is 16.7. The van der Waals surface area contributed by atoms with E-state index in [1.54, 1.807) is 12.1 Å². The van der Waals surface area contributed by atoms with E-state index >= 15 is 0 Å². The molecule has 0 amide bonds. The predicted molar refractivity (Wildman–Crippen MR) is 61.3 cm³/mol. The molecule has 2 aromatic rings. The molecule has 0 aliphatic heterocycles. The minimum atomic E-state index is -0.600. The molecule has 0 radical (unpaired) electrons. The average Bonchev–Trinajstić information content (AvgIpc) is 2.28. The summed E-state index contributed by atoms with van der Waals surface area (Å²) in [5, 5.41) is 10.00. The van der Waals surface area contributed by atoms with Crippen molar-refractivity contribution in [3.8, 4) is 11.5 Å². The first-order valence-corrected chi connectivity index (χ1v) is 5.18. The van der Waals surface area contributed by atoms with E-state index in [2.05, 4.69) is 0 Å². The van der Waals surface area contributed by atoms with E-state index in [1.807, 2.05) is 6.92 Å². The van der Waals surface area contributed by atoms with Gasteiger partial charge in [-0.05, 0) is 19.1 Å². The Bertz CT molecular complexity index is 573. The predicted octanol–water partition coefficient (Wildman–Crippen LogP) is 1.87. The Hall–Kier alpha value is -2.01. The first kappa shape index (κ1) is 11.5. The van der Waals surface area contributed by atoms with Crippen molar-refractivity contribution < 1.29 is 19.0 Å². The van der Waals surface area contributed by atoms with E-state index in [4.69, 9.17) is 13.9 Å². The standard InChI is InChI=1S/C12H12O5/c1-2-15-7-16-8-3-4-9-10(13)6-12(14)17-11(9)5-8/h3-6,13H,2,7H2,1H3. The van der Waals surface area contributed by atoms with Crippen molar-refractivity contribution in [1.29, 1.82) is 0 Å². The van der Waals surface area contributed by atoms with Crippen LogP contribution in [0.3, 0.4) is 0 Å². The highest BCUT2D eigenvalue weighted by Crippen LogP contribution is 2.26. The van der Waals surface area contributed by atoms with Gasteiger partial charge in [-0.15, -0.1) is 0 Å². The molecule has 0 aliphatic carbocycles. The molecule has 1 heterocycles. The largest absolute Gasteiger partial charge is 0.507 e. The van der Waals surface area contributed by atoms with E-state index in [9.17, 15) is 9.90 Å². The summed E-state index contributed by atoms with van der Waals surface area (Å²) in [5.41, 5.74) is -0.319. The highest BCUT2D eigenvalue weighted by Gasteiger charge is 2.05. The van der Waals surface area contributed by atoms with Gasteiger partial charge in [-0.1, -0.05) is 0 Å². The number of benzene rings is 1. The van der Waals surface area contributed by atoms with Crippen molar-refractivity contribution in [2.75, 3.05) is 13.4 Å². The summed E-state index contributed by atoms with van der Waals surface area (Å²) in [4.78, 5) is 11.1. The zero-order chi connectivity index (χ0) is 12.3. The maximum atomic E-state index is 11.1. The van der Waals surface area contributed by atoms with Crippen molar-refractivity contribution in [3.05, 3.63) is 34.7 Å². The maximum absolute atomic E-state index is 11.1.